The number of hydrogen-bond donors (Lipinski definition) is 1. The van der Waals surface area contributed by atoms with Crippen molar-refractivity contribution in [1.29, 1.82) is 0 Å². The molecule has 1 aromatic carbocycles. The van der Waals surface area contributed by atoms with Gasteiger partial charge in [0.2, 0.25) is 0 Å². The molecule has 1 aromatic heterocycles. The maximum atomic E-state index is 4.68. The molecule has 2 nitrogen and oxygen atoms in total. The van der Waals surface area contributed by atoms with E-state index < -0.39 is 0 Å². The van der Waals surface area contributed by atoms with Crippen molar-refractivity contribution >= 4 is 11.3 Å². The van der Waals surface area contributed by atoms with Crippen molar-refractivity contribution in [3.8, 4) is 0 Å². The van der Waals surface area contributed by atoms with Crippen LogP contribution in [0.2, 0.25) is 0 Å². The van der Waals surface area contributed by atoms with Gasteiger partial charge in [-0.15, -0.1) is 11.3 Å². The Kier molecular flexibility index (Phi) is 5.11. The van der Waals surface area contributed by atoms with Crippen LogP contribution < -0.4 is 5.32 Å². The summed E-state index contributed by atoms with van der Waals surface area (Å²) in [7, 11) is 0. The van der Waals surface area contributed by atoms with E-state index in [1.165, 1.54) is 21.1 Å². The third kappa shape index (κ3) is 4.44. The van der Waals surface area contributed by atoms with Crippen molar-refractivity contribution < 1.29 is 0 Å². The van der Waals surface area contributed by atoms with Crippen molar-refractivity contribution in [2.75, 3.05) is 0 Å². The van der Waals surface area contributed by atoms with E-state index in [9.17, 15) is 0 Å². The molecule has 0 aliphatic heterocycles. The summed E-state index contributed by atoms with van der Waals surface area (Å²) in [6.45, 7) is 7.39. The minimum absolute atomic E-state index is 0.522. The van der Waals surface area contributed by atoms with Gasteiger partial charge < -0.3 is 5.32 Å². The van der Waals surface area contributed by atoms with Gasteiger partial charge in [-0.3, -0.25) is 0 Å². The Hall–Kier alpha value is -1.19. The summed E-state index contributed by atoms with van der Waals surface area (Å²) in [5.41, 5.74) is 2.57. The Morgan fingerprint density at radius 2 is 1.89 bits per heavy atom. The van der Waals surface area contributed by atoms with Gasteiger partial charge >= 0.3 is 0 Å². The van der Waals surface area contributed by atoms with Gasteiger partial charge in [0.05, 0.1) is 10.7 Å². The molecule has 0 aliphatic rings. The molecule has 2 aromatic rings. The fraction of sp³-hybridized carbons (Fsp3) is 0.438. The molecule has 0 bridgehead atoms. The maximum Gasteiger partial charge on any atom is 0.0934 e. The summed E-state index contributed by atoms with van der Waals surface area (Å²) in [6, 6.07) is 11.1. The summed E-state index contributed by atoms with van der Waals surface area (Å²) in [4.78, 5) is 6.05. The molecule has 0 fully saturated rings. The smallest absolute Gasteiger partial charge is 0.0934 e. The summed E-state index contributed by atoms with van der Waals surface area (Å²) in [5, 5.41) is 4.71. The molecule has 2 rings (SSSR count). The lowest BCUT2D eigenvalue weighted by Gasteiger charge is -2.05. The standard InChI is InChI=1S/C16H22N2S/c1-12(2)17-11-15-13(3)18-16(19-15)10-9-14-7-5-4-6-8-14/h4-8,12,17H,9-11H2,1-3H3. The fourth-order valence-corrected chi connectivity index (χ4v) is 2.97. The zero-order valence-electron chi connectivity index (χ0n) is 11.9. The van der Waals surface area contributed by atoms with E-state index in [4.69, 9.17) is 0 Å². The molecule has 0 saturated heterocycles. The van der Waals surface area contributed by atoms with Gasteiger partial charge in [0.15, 0.2) is 0 Å². The first-order valence-electron chi connectivity index (χ1n) is 6.87. The Morgan fingerprint density at radius 3 is 2.58 bits per heavy atom. The van der Waals surface area contributed by atoms with Crippen LogP contribution in [0.1, 0.15) is 35.0 Å². The van der Waals surface area contributed by atoms with Crippen LogP contribution in [0.4, 0.5) is 0 Å². The topological polar surface area (TPSA) is 24.9 Å². The molecule has 3 heteroatoms. The van der Waals surface area contributed by atoms with Gasteiger partial charge in [-0.2, -0.15) is 0 Å². The Bertz CT molecular complexity index is 503. The first kappa shape index (κ1) is 14.2. The summed E-state index contributed by atoms with van der Waals surface area (Å²) in [5.74, 6) is 0. The predicted octanol–water partition coefficient (Wildman–Crippen LogP) is 3.73. The summed E-state index contributed by atoms with van der Waals surface area (Å²) < 4.78 is 0. The lowest BCUT2D eigenvalue weighted by Crippen LogP contribution is -2.21. The van der Waals surface area contributed by atoms with Gasteiger partial charge in [0.25, 0.3) is 0 Å². The van der Waals surface area contributed by atoms with E-state index in [0.717, 1.165) is 19.4 Å². The van der Waals surface area contributed by atoms with E-state index in [2.05, 4.69) is 61.4 Å². The summed E-state index contributed by atoms with van der Waals surface area (Å²) in [6.07, 6.45) is 2.11. The third-order valence-corrected chi connectivity index (χ3v) is 4.30. The Morgan fingerprint density at radius 1 is 1.16 bits per heavy atom. The second kappa shape index (κ2) is 6.83. The van der Waals surface area contributed by atoms with Crippen LogP contribution in [0.5, 0.6) is 0 Å². The van der Waals surface area contributed by atoms with Gasteiger partial charge in [-0.1, -0.05) is 44.2 Å². The number of hydrogen-bond acceptors (Lipinski definition) is 3. The minimum Gasteiger partial charge on any atom is -0.310 e. The lowest BCUT2D eigenvalue weighted by atomic mass is 10.1. The number of rotatable bonds is 6. The van der Waals surface area contributed by atoms with E-state index >= 15 is 0 Å². The van der Waals surface area contributed by atoms with Crippen molar-refractivity contribution in [3.63, 3.8) is 0 Å². The van der Waals surface area contributed by atoms with Crippen LogP contribution in [0.3, 0.4) is 0 Å². The minimum atomic E-state index is 0.522. The number of nitrogens with one attached hydrogen (secondary N) is 1. The van der Waals surface area contributed by atoms with E-state index in [1.807, 2.05) is 11.3 Å². The molecule has 0 atom stereocenters. The van der Waals surface area contributed by atoms with Gasteiger partial charge in [0, 0.05) is 23.9 Å². The molecule has 0 aliphatic carbocycles. The molecule has 0 spiro atoms. The number of aromatic nitrogens is 1. The molecule has 0 saturated carbocycles. The van der Waals surface area contributed by atoms with Gasteiger partial charge in [0.1, 0.15) is 0 Å². The zero-order chi connectivity index (χ0) is 13.7. The Labute approximate surface area is 119 Å². The number of thiazole rings is 1. The highest BCUT2D eigenvalue weighted by Crippen LogP contribution is 2.19. The second-order valence-electron chi connectivity index (χ2n) is 5.14. The fourth-order valence-electron chi connectivity index (χ4n) is 1.95. The Balaban J connectivity index is 1.92. The second-order valence-corrected chi connectivity index (χ2v) is 6.31. The van der Waals surface area contributed by atoms with Gasteiger partial charge in [-0.05, 0) is 18.9 Å². The maximum absolute atomic E-state index is 4.68. The summed E-state index contributed by atoms with van der Waals surface area (Å²) >= 11 is 1.85. The normalized spacial score (nSPS) is 11.2. The van der Waals surface area contributed by atoms with Crippen LogP contribution in [-0.4, -0.2) is 11.0 Å². The molecule has 102 valence electrons. The highest BCUT2D eigenvalue weighted by Gasteiger charge is 2.08. The van der Waals surface area contributed by atoms with Crippen molar-refractivity contribution in [3.05, 3.63) is 51.5 Å². The molecule has 1 N–H and O–H groups in total. The zero-order valence-corrected chi connectivity index (χ0v) is 12.8. The van der Waals surface area contributed by atoms with Crippen LogP contribution in [0.25, 0.3) is 0 Å². The SMILES string of the molecule is Cc1nc(CCc2ccccc2)sc1CNC(C)C. The predicted molar refractivity (Wildman–Crippen MR) is 82.7 cm³/mol. The first-order chi connectivity index (χ1) is 9.15. The van der Waals surface area contributed by atoms with Crippen LogP contribution in [-0.2, 0) is 19.4 Å². The van der Waals surface area contributed by atoms with E-state index in [0.29, 0.717) is 6.04 Å². The van der Waals surface area contributed by atoms with Crippen LogP contribution in [0, 0.1) is 6.92 Å². The molecular weight excluding hydrogens is 252 g/mol. The highest BCUT2D eigenvalue weighted by molar-refractivity contribution is 7.11. The van der Waals surface area contributed by atoms with Crippen LogP contribution in [0.15, 0.2) is 30.3 Å². The van der Waals surface area contributed by atoms with Crippen LogP contribution >= 0.6 is 11.3 Å². The highest BCUT2D eigenvalue weighted by atomic mass is 32.1. The quantitative estimate of drug-likeness (QED) is 0.868. The van der Waals surface area contributed by atoms with Gasteiger partial charge in [-0.25, -0.2) is 4.98 Å². The molecule has 1 heterocycles. The average molecular weight is 274 g/mol. The average Bonchev–Trinajstić information content (AvgIpc) is 2.76. The third-order valence-electron chi connectivity index (χ3n) is 3.08. The van der Waals surface area contributed by atoms with Crippen molar-refractivity contribution in [2.24, 2.45) is 0 Å². The monoisotopic (exact) mass is 274 g/mol. The molecule has 0 unspecified atom stereocenters. The largest absolute Gasteiger partial charge is 0.310 e. The van der Waals surface area contributed by atoms with E-state index in [-0.39, 0.29) is 0 Å². The molecule has 0 radical (unpaired) electrons. The lowest BCUT2D eigenvalue weighted by molar-refractivity contribution is 0.591. The number of benzene rings is 1. The molecular formula is C16H22N2S. The van der Waals surface area contributed by atoms with Crippen molar-refractivity contribution in [1.82, 2.24) is 10.3 Å². The first-order valence-corrected chi connectivity index (χ1v) is 7.69. The number of nitrogens with zero attached hydrogens (tertiary/aromatic N) is 1. The van der Waals surface area contributed by atoms with Crippen molar-refractivity contribution in [2.45, 2.75) is 46.2 Å². The number of aryl methyl sites for hydroxylation is 3. The van der Waals surface area contributed by atoms with E-state index in [1.54, 1.807) is 0 Å². The molecule has 0 amide bonds. The molecule has 19 heavy (non-hydrogen) atoms.